The van der Waals surface area contributed by atoms with Crippen molar-refractivity contribution in [3.63, 3.8) is 0 Å². The number of ether oxygens (including phenoxy) is 1. The highest BCUT2D eigenvalue weighted by molar-refractivity contribution is 14.1. The van der Waals surface area contributed by atoms with Gasteiger partial charge in [-0.05, 0) is 108 Å². The van der Waals surface area contributed by atoms with Gasteiger partial charge in [0.2, 0.25) is 0 Å². The predicted molar refractivity (Wildman–Crippen MR) is 188 cm³/mol. The fourth-order valence-electron chi connectivity index (χ4n) is 6.46. The van der Waals surface area contributed by atoms with Crippen LogP contribution in [-0.4, -0.2) is 58.5 Å². The SMILES string of the molecule is CC1=C(I)C(C)=[N+]2C1=C(COC(=O)CCCc1ccc(N(CCCl)CCCl)cc1)c1c(C)c(I)c(C)n1[B-]2(C)C. The lowest BCUT2D eigenvalue weighted by Gasteiger charge is -2.40. The molecule has 0 saturated heterocycles. The van der Waals surface area contributed by atoms with E-state index in [1.165, 1.54) is 46.6 Å². The Hall–Kier alpha value is -0.975. The van der Waals surface area contributed by atoms with E-state index in [1.807, 2.05) is 0 Å². The van der Waals surface area contributed by atoms with E-state index in [1.54, 1.807) is 0 Å². The minimum absolute atomic E-state index is 0.153. The quantitative estimate of drug-likeness (QED) is 0.100. The Balaban J connectivity index is 1.47. The number of halogens is 4. The molecule has 0 aliphatic carbocycles. The number of fused-ring (bicyclic) bond motifs is 2. The van der Waals surface area contributed by atoms with E-state index >= 15 is 0 Å². The minimum atomic E-state index is -1.08. The van der Waals surface area contributed by atoms with Crippen molar-refractivity contribution in [2.75, 3.05) is 36.4 Å². The zero-order valence-corrected chi connectivity index (χ0v) is 30.0. The monoisotopic (exact) mass is 807 g/mol. The number of esters is 1. The fraction of sp³-hybridized carbons (Fsp3) is 0.467. The summed E-state index contributed by atoms with van der Waals surface area (Å²) in [4.78, 5) is 15.1. The van der Waals surface area contributed by atoms with Gasteiger partial charge in [0.25, 0.3) is 0 Å². The molecule has 0 amide bonds. The van der Waals surface area contributed by atoms with E-state index in [0.717, 1.165) is 37.2 Å². The van der Waals surface area contributed by atoms with Gasteiger partial charge in [-0.1, -0.05) is 12.1 Å². The summed E-state index contributed by atoms with van der Waals surface area (Å²) in [5.74, 6) is 0.972. The molecule has 0 bridgehead atoms. The number of anilines is 1. The molecule has 0 saturated carbocycles. The largest absolute Gasteiger partial charge is 0.460 e. The topological polar surface area (TPSA) is 37.5 Å². The van der Waals surface area contributed by atoms with Crippen molar-refractivity contribution in [1.82, 2.24) is 4.48 Å². The molecular weight excluding hydrogens is 770 g/mol. The van der Waals surface area contributed by atoms with Gasteiger partial charge < -0.3 is 18.6 Å². The smallest absolute Gasteiger partial charge is 0.373 e. The van der Waals surface area contributed by atoms with Gasteiger partial charge in [0.05, 0.1) is 9.15 Å². The van der Waals surface area contributed by atoms with Crippen LogP contribution in [0.3, 0.4) is 0 Å². The zero-order chi connectivity index (χ0) is 29.4. The Labute approximate surface area is 276 Å². The van der Waals surface area contributed by atoms with Gasteiger partial charge in [-0.15, -0.1) is 36.8 Å². The number of rotatable bonds is 11. The number of alkyl halides is 2. The molecule has 0 unspecified atom stereocenters. The van der Waals surface area contributed by atoms with Crippen LogP contribution in [0.25, 0.3) is 5.57 Å². The first-order chi connectivity index (χ1) is 18.9. The number of benzene rings is 1. The molecule has 2 aliphatic rings. The number of hydrogen-bond donors (Lipinski definition) is 0. The summed E-state index contributed by atoms with van der Waals surface area (Å²) in [5, 5.41) is 0. The standard InChI is InChI=1S/C30H38BCl2I2N3O2/c1-19-27(34)21(3)37-29(19)25(30-20(2)28(35)22(4)38(30)31(37,5)6)18-40-26(39)9-7-8-23-10-12-24(13-11-23)36(16-14-32)17-15-33/h10-13H,7-9,14-18H2,1-6H3. The summed E-state index contributed by atoms with van der Waals surface area (Å²) >= 11 is 16.8. The first kappa shape index (κ1) is 31.9. The van der Waals surface area contributed by atoms with Crippen molar-refractivity contribution in [2.45, 2.75) is 60.6 Å². The first-order valence-corrected chi connectivity index (χ1v) is 17.1. The molecule has 216 valence electrons. The molecule has 0 spiro atoms. The average molecular weight is 808 g/mol. The molecule has 10 heteroatoms. The molecule has 2 aromatic rings. The molecule has 0 atom stereocenters. The molecule has 0 radical (unpaired) electrons. The molecule has 1 aromatic carbocycles. The van der Waals surface area contributed by atoms with Gasteiger partial charge in [0.1, 0.15) is 12.3 Å². The highest BCUT2D eigenvalue weighted by Crippen LogP contribution is 2.44. The second kappa shape index (κ2) is 13.1. The molecule has 3 heterocycles. The van der Waals surface area contributed by atoms with Crippen molar-refractivity contribution in [3.05, 3.63) is 65.2 Å². The van der Waals surface area contributed by atoms with Crippen molar-refractivity contribution in [3.8, 4) is 0 Å². The Morgan fingerprint density at radius 3 is 2.27 bits per heavy atom. The lowest BCUT2D eigenvalue weighted by Crippen LogP contribution is -2.53. The number of aromatic nitrogens is 1. The van der Waals surface area contributed by atoms with Gasteiger partial charge in [-0.2, -0.15) is 0 Å². The fourth-order valence-corrected chi connectivity index (χ4v) is 7.89. The highest BCUT2D eigenvalue weighted by atomic mass is 127. The third-order valence-electron chi connectivity index (χ3n) is 8.28. The van der Waals surface area contributed by atoms with Crippen LogP contribution in [0.5, 0.6) is 0 Å². The van der Waals surface area contributed by atoms with Crippen LogP contribution >= 0.6 is 68.4 Å². The zero-order valence-electron chi connectivity index (χ0n) is 24.2. The molecule has 0 N–H and O–H groups in total. The number of allylic oxidation sites excluding steroid dienone is 2. The molecule has 0 fully saturated rings. The number of carbonyl (C=O) groups is 1. The van der Waals surface area contributed by atoms with Crippen LogP contribution in [0.1, 0.15) is 49.2 Å². The normalized spacial score (nSPS) is 16.1. The lowest BCUT2D eigenvalue weighted by molar-refractivity contribution is -0.336. The van der Waals surface area contributed by atoms with Gasteiger partial charge >= 0.3 is 12.4 Å². The average Bonchev–Trinajstić information content (AvgIpc) is 3.29. The molecule has 5 nitrogen and oxygen atoms in total. The first-order valence-electron chi connectivity index (χ1n) is 13.9. The number of nitrogens with zero attached hydrogens (tertiary/aromatic N) is 3. The van der Waals surface area contributed by atoms with Crippen LogP contribution in [0.4, 0.5) is 5.69 Å². The van der Waals surface area contributed by atoms with Crippen LogP contribution < -0.4 is 4.90 Å². The van der Waals surface area contributed by atoms with E-state index in [-0.39, 0.29) is 12.6 Å². The highest BCUT2D eigenvalue weighted by Gasteiger charge is 2.47. The number of aryl methyl sites for hydroxylation is 1. The van der Waals surface area contributed by atoms with E-state index < -0.39 is 6.42 Å². The summed E-state index contributed by atoms with van der Waals surface area (Å²) in [6.07, 6.45) is 0.882. The molecular formula is C30H38BCl2I2N3O2. The Kier molecular flexibility index (Phi) is 10.5. The van der Waals surface area contributed by atoms with Crippen molar-refractivity contribution >= 4 is 97.7 Å². The van der Waals surface area contributed by atoms with Gasteiger partial charge in [0, 0.05) is 58.7 Å². The predicted octanol–water partition coefficient (Wildman–Crippen LogP) is 8.03. The lowest BCUT2D eigenvalue weighted by atomic mass is 9.48. The van der Waals surface area contributed by atoms with Crippen LogP contribution in [0.2, 0.25) is 13.6 Å². The molecule has 2 aliphatic heterocycles. The van der Waals surface area contributed by atoms with Crippen LogP contribution in [0.15, 0.2) is 39.1 Å². The second-order valence-corrected chi connectivity index (χ2v) is 14.1. The van der Waals surface area contributed by atoms with Gasteiger partial charge in [-0.25, -0.2) is 0 Å². The third kappa shape index (κ3) is 5.93. The van der Waals surface area contributed by atoms with Crippen LogP contribution in [0, 0.1) is 17.4 Å². The van der Waals surface area contributed by atoms with Crippen molar-refractivity contribution in [1.29, 1.82) is 0 Å². The Bertz CT molecular complexity index is 1400. The summed E-state index contributed by atoms with van der Waals surface area (Å²) < 4.78 is 13.5. The summed E-state index contributed by atoms with van der Waals surface area (Å²) in [6, 6.07) is 8.46. The third-order valence-corrected chi connectivity index (χ3v) is 11.8. The Morgan fingerprint density at radius 2 is 1.68 bits per heavy atom. The van der Waals surface area contributed by atoms with Crippen molar-refractivity contribution < 1.29 is 14.0 Å². The maximum atomic E-state index is 12.9. The second-order valence-electron chi connectivity index (χ2n) is 11.2. The number of hydrogen-bond acceptors (Lipinski definition) is 3. The summed E-state index contributed by atoms with van der Waals surface area (Å²) in [7, 11) is 0. The maximum Gasteiger partial charge on any atom is 0.373 e. The van der Waals surface area contributed by atoms with Gasteiger partial charge in [0.15, 0.2) is 5.70 Å². The van der Waals surface area contributed by atoms with E-state index in [0.29, 0.717) is 18.2 Å². The van der Waals surface area contributed by atoms with E-state index in [9.17, 15) is 4.79 Å². The molecule has 40 heavy (non-hydrogen) atoms. The van der Waals surface area contributed by atoms with Crippen molar-refractivity contribution in [2.24, 2.45) is 0 Å². The minimum Gasteiger partial charge on any atom is -0.460 e. The summed E-state index contributed by atoms with van der Waals surface area (Å²) in [6.45, 7) is 15.3. The maximum absolute atomic E-state index is 12.9. The number of carbonyl (C=O) groups excluding carboxylic acids is 1. The summed E-state index contributed by atoms with van der Waals surface area (Å²) in [5.41, 5.74) is 10.9. The Morgan fingerprint density at radius 1 is 1.05 bits per heavy atom. The van der Waals surface area contributed by atoms with Gasteiger partial charge in [-0.3, -0.25) is 4.79 Å². The van der Waals surface area contributed by atoms with Crippen LogP contribution in [-0.2, 0) is 16.0 Å². The van der Waals surface area contributed by atoms with E-state index in [2.05, 4.69) is 125 Å². The molecule has 1 aromatic heterocycles. The molecule has 4 rings (SSSR count). The van der Waals surface area contributed by atoms with E-state index in [4.69, 9.17) is 27.9 Å².